The lowest BCUT2D eigenvalue weighted by atomic mass is 10.2. The molecule has 0 N–H and O–H groups in total. The van der Waals surface area contributed by atoms with E-state index in [0.717, 1.165) is 19.1 Å². The molecule has 0 fully saturated rings. The van der Waals surface area contributed by atoms with Crippen molar-refractivity contribution in [3.63, 3.8) is 0 Å². The Kier molecular flexibility index (Phi) is 6.13. The number of hydrogen-bond donors (Lipinski definition) is 0. The molecule has 66 valence electrons. The molecule has 0 aliphatic rings. The summed E-state index contributed by atoms with van der Waals surface area (Å²) in [6.45, 7) is 6.63. The summed E-state index contributed by atoms with van der Waals surface area (Å²) in [6, 6.07) is 0. The minimum absolute atomic E-state index is 0.0376. The molecule has 0 amide bonds. The van der Waals surface area contributed by atoms with E-state index in [4.69, 9.17) is 4.74 Å². The van der Waals surface area contributed by atoms with Crippen LogP contribution in [0.3, 0.4) is 0 Å². The van der Waals surface area contributed by atoms with Crippen molar-refractivity contribution in [2.24, 2.45) is 5.92 Å². The standard InChI is InChI=1S/C9H18O2/c1-4-9(5-2)11-7-8(3)6-10/h6,8-9H,4-5,7H2,1-3H3. The van der Waals surface area contributed by atoms with Crippen LogP contribution in [0, 0.1) is 5.92 Å². The van der Waals surface area contributed by atoms with Gasteiger partial charge in [0.05, 0.1) is 12.7 Å². The van der Waals surface area contributed by atoms with Gasteiger partial charge < -0.3 is 9.53 Å². The first-order valence-corrected chi connectivity index (χ1v) is 4.31. The lowest BCUT2D eigenvalue weighted by Gasteiger charge is -2.14. The molecule has 2 nitrogen and oxygen atoms in total. The van der Waals surface area contributed by atoms with Crippen molar-refractivity contribution in [2.75, 3.05) is 6.61 Å². The first kappa shape index (κ1) is 10.6. The molecule has 0 saturated carbocycles. The maximum atomic E-state index is 10.2. The van der Waals surface area contributed by atoms with Crippen LogP contribution in [0.1, 0.15) is 33.6 Å². The van der Waals surface area contributed by atoms with Gasteiger partial charge in [0, 0.05) is 5.92 Å². The van der Waals surface area contributed by atoms with Crippen LogP contribution in [-0.2, 0) is 9.53 Å². The normalized spacial score (nSPS) is 13.5. The molecule has 1 atom stereocenters. The quantitative estimate of drug-likeness (QED) is 0.553. The lowest BCUT2D eigenvalue weighted by molar-refractivity contribution is -0.113. The molecule has 0 aromatic rings. The second-order valence-corrected chi connectivity index (χ2v) is 2.89. The van der Waals surface area contributed by atoms with E-state index in [1.165, 1.54) is 0 Å². The van der Waals surface area contributed by atoms with Crippen LogP contribution in [0.15, 0.2) is 0 Å². The summed E-state index contributed by atoms with van der Waals surface area (Å²) in [6.07, 6.45) is 3.32. The van der Waals surface area contributed by atoms with Crippen LogP contribution in [0.2, 0.25) is 0 Å². The molecule has 11 heavy (non-hydrogen) atoms. The molecule has 1 unspecified atom stereocenters. The summed E-state index contributed by atoms with van der Waals surface area (Å²) in [7, 11) is 0. The van der Waals surface area contributed by atoms with Gasteiger partial charge in [-0.15, -0.1) is 0 Å². The first-order chi connectivity index (χ1) is 5.24. The third-order valence-electron chi connectivity index (χ3n) is 1.74. The minimum Gasteiger partial charge on any atom is -0.378 e. The van der Waals surface area contributed by atoms with Crippen molar-refractivity contribution in [1.29, 1.82) is 0 Å². The van der Waals surface area contributed by atoms with Crippen LogP contribution < -0.4 is 0 Å². The van der Waals surface area contributed by atoms with Gasteiger partial charge in [-0.2, -0.15) is 0 Å². The topological polar surface area (TPSA) is 26.3 Å². The van der Waals surface area contributed by atoms with Gasteiger partial charge in [-0.1, -0.05) is 20.8 Å². The molecular formula is C9H18O2. The summed E-state index contributed by atoms with van der Waals surface area (Å²) in [5.74, 6) is 0.0376. The summed E-state index contributed by atoms with van der Waals surface area (Å²) in [5, 5.41) is 0. The third-order valence-corrected chi connectivity index (χ3v) is 1.74. The fourth-order valence-corrected chi connectivity index (χ4v) is 0.852. The van der Waals surface area contributed by atoms with E-state index >= 15 is 0 Å². The highest BCUT2D eigenvalue weighted by Gasteiger charge is 2.05. The van der Waals surface area contributed by atoms with Crippen molar-refractivity contribution in [2.45, 2.75) is 39.7 Å². The highest BCUT2D eigenvalue weighted by molar-refractivity contribution is 5.52. The average molecular weight is 158 g/mol. The number of hydrogen-bond acceptors (Lipinski definition) is 2. The predicted octanol–water partition coefficient (Wildman–Crippen LogP) is 2.03. The molecule has 0 heterocycles. The number of carbonyl (C=O) groups is 1. The predicted molar refractivity (Wildman–Crippen MR) is 45.6 cm³/mol. The van der Waals surface area contributed by atoms with E-state index in [1.807, 2.05) is 6.92 Å². The zero-order valence-corrected chi connectivity index (χ0v) is 7.67. The second-order valence-electron chi connectivity index (χ2n) is 2.89. The summed E-state index contributed by atoms with van der Waals surface area (Å²) >= 11 is 0. The van der Waals surface area contributed by atoms with Gasteiger partial charge in [0.1, 0.15) is 6.29 Å². The smallest absolute Gasteiger partial charge is 0.125 e. The molecule has 0 aromatic heterocycles. The Labute approximate surface area is 68.9 Å². The Morgan fingerprint density at radius 3 is 2.27 bits per heavy atom. The van der Waals surface area contributed by atoms with Crippen LogP contribution >= 0.6 is 0 Å². The number of ether oxygens (including phenoxy) is 1. The van der Waals surface area contributed by atoms with Crippen molar-refractivity contribution >= 4 is 6.29 Å². The van der Waals surface area contributed by atoms with E-state index in [9.17, 15) is 4.79 Å². The highest BCUT2D eigenvalue weighted by atomic mass is 16.5. The van der Waals surface area contributed by atoms with Gasteiger partial charge in [-0.25, -0.2) is 0 Å². The van der Waals surface area contributed by atoms with Crippen molar-refractivity contribution in [3.05, 3.63) is 0 Å². The molecule has 0 aliphatic heterocycles. The van der Waals surface area contributed by atoms with E-state index in [-0.39, 0.29) is 5.92 Å². The largest absolute Gasteiger partial charge is 0.378 e. The number of rotatable bonds is 6. The highest BCUT2D eigenvalue weighted by Crippen LogP contribution is 2.04. The Balaban J connectivity index is 3.41. The molecule has 0 spiro atoms. The molecule has 0 aromatic carbocycles. The summed E-state index contributed by atoms with van der Waals surface area (Å²) < 4.78 is 5.46. The van der Waals surface area contributed by atoms with Gasteiger partial charge in [-0.05, 0) is 12.8 Å². The minimum atomic E-state index is 0.0376. The van der Waals surface area contributed by atoms with Crippen LogP contribution in [0.25, 0.3) is 0 Å². The van der Waals surface area contributed by atoms with Gasteiger partial charge in [0.2, 0.25) is 0 Å². The lowest BCUT2D eigenvalue weighted by Crippen LogP contribution is -2.16. The van der Waals surface area contributed by atoms with E-state index < -0.39 is 0 Å². The first-order valence-electron chi connectivity index (χ1n) is 4.31. The third kappa shape index (κ3) is 4.96. The summed E-state index contributed by atoms with van der Waals surface area (Å²) in [5.41, 5.74) is 0. The molecule has 0 rings (SSSR count). The zero-order chi connectivity index (χ0) is 8.69. The zero-order valence-electron chi connectivity index (χ0n) is 7.67. The Bertz CT molecular complexity index is 97.7. The van der Waals surface area contributed by atoms with Crippen molar-refractivity contribution < 1.29 is 9.53 Å². The van der Waals surface area contributed by atoms with Crippen LogP contribution in [0.5, 0.6) is 0 Å². The van der Waals surface area contributed by atoms with Gasteiger partial charge in [0.25, 0.3) is 0 Å². The average Bonchev–Trinajstić information content (AvgIpc) is 2.06. The van der Waals surface area contributed by atoms with Crippen LogP contribution in [-0.4, -0.2) is 19.0 Å². The Morgan fingerprint density at radius 1 is 1.36 bits per heavy atom. The monoisotopic (exact) mass is 158 g/mol. The fraction of sp³-hybridized carbons (Fsp3) is 0.889. The van der Waals surface area contributed by atoms with Crippen LogP contribution in [0.4, 0.5) is 0 Å². The maximum absolute atomic E-state index is 10.2. The molecule has 0 saturated heterocycles. The van der Waals surface area contributed by atoms with E-state index in [0.29, 0.717) is 12.7 Å². The number of aldehydes is 1. The van der Waals surface area contributed by atoms with Crippen molar-refractivity contribution in [1.82, 2.24) is 0 Å². The Hall–Kier alpha value is -0.370. The fourth-order valence-electron chi connectivity index (χ4n) is 0.852. The van der Waals surface area contributed by atoms with Gasteiger partial charge in [0.15, 0.2) is 0 Å². The molecular weight excluding hydrogens is 140 g/mol. The number of carbonyl (C=O) groups excluding carboxylic acids is 1. The molecule has 0 radical (unpaired) electrons. The van der Waals surface area contributed by atoms with E-state index in [2.05, 4.69) is 13.8 Å². The van der Waals surface area contributed by atoms with Gasteiger partial charge in [-0.3, -0.25) is 0 Å². The second kappa shape index (κ2) is 6.35. The van der Waals surface area contributed by atoms with Crippen molar-refractivity contribution in [3.8, 4) is 0 Å². The SMILES string of the molecule is CCC(CC)OCC(C)C=O. The van der Waals surface area contributed by atoms with Gasteiger partial charge >= 0.3 is 0 Å². The summed E-state index contributed by atoms with van der Waals surface area (Å²) in [4.78, 5) is 10.2. The molecule has 0 aliphatic carbocycles. The molecule has 2 heteroatoms. The molecule has 0 bridgehead atoms. The maximum Gasteiger partial charge on any atom is 0.125 e. The Morgan fingerprint density at radius 2 is 1.91 bits per heavy atom. The van der Waals surface area contributed by atoms with E-state index in [1.54, 1.807) is 0 Å².